The molecule has 4 rings (SSSR count). The monoisotopic (exact) mass is 375 g/mol. The number of nitrogens with zero attached hydrogens (tertiary/aromatic N) is 3. The SMILES string of the molecule is O=C1CCCN1CC(=O)N1CC[C@]2(CCCN(CCC3CCCCC3)C2)C1. The normalized spacial score (nSPS) is 30.6. The first-order valence-electron chi connectivity index (χ1n) is 11.4. The van der Waals surface area contributed by atoms with Gasteiger partial charge in [-0.3, -0.25) is 9.59 Å². The highest BCUT2D eigenvalue weighted by Gasteiger charge is 2.43. The Labute approximate surface area is 164 Å². The minimum Gasteiger partial charge on any atom is -0.341 e. The highest BCUT2D eigenvalue weighted by molar-refractivity contribution is 5.86. The van der Waals surface area contributed by atoms with Gasteiger partial charge in [0, 0.05) is 38.0 Å². The van der Waals surface area contributed by atoms with Gasteiger partial charge < -0.3 is 14.7 Å². The van der Waals surface area contributed by atoms with Crippen LogP contribution in [0.5, 0.6) is 0 Å². The van der Waals surface area contributed by atoms with Crippen molar-refractivity contribution >= 4 is 11.8 Å². The Kier molecular flexibility index (Phi) is 6.05. The van der Waals surface area contributed by atoms with Gasteiger partial charge in [0.15, 0.2) is 0 Å². The first kappa shape index (κ1) is 19.2. The van der Waals surface area contributed by atoms with E-state index in [-0.39, 0.29) is 11.8 Å². The molecule has 0 aromatic heterocycles. The third kappa shape index (κ3) is 4.67. The van der Waals surface area contributed by atoms with E-state index in [0.29, 0.717) is 18.4 Å². The molecule has 0 bridgehead atoms. The topological polar surface area (TPSA) is 43.9 Å². The van der Waals surface area contributed by atoms with Crippen molar-refractivity contribution in [2.24, 2.45) is 11.3 Å². The van der Waals surface area contributed by atoms with Gasteiger partial charge in [-0.05, 0) is 51.1 Å². The quantitative estimate of drug-likeness (QED) is 0.742. The molecule has 1 spiro atoms. The van der Waals surface area contributed by atoms with Crippen molar-refractivity contribution in [1.29, 1.82) is 0 Å². The third-order valence-electron chi connectivity index (χ3n) is 7.61. The standard InChI is InChI=1S/C22H37N3O2/c26-20-8-4-13-24(20)16-21(27)25-15-11-22(18-25)10-5-12-23(17-22)14-9-19-6-2-1-3-7-19/h19H,1-18H2/t22-/m0/s1. The van der Waals surface area contributed by atoms with Gasteiger partial charge in [-0.15, -0.1) is 0 Å². The third-order valence-corrected chi connectivity index (χ3v) is 7.61. The van der Waals surface area contributed by atoms with Gasteiger partial charge in [0.2, 0.25) is 11.8 Å². The first-order chi connectivity index (χ1) is 13.1. The van der Waals surface area contributed by atoms with Crippen molar-refractivity contribution in [3.8, 4) is 0 Å². The van der Waals surface area contributed by atoms with E-state index in [4.69, 9.17) is 0 Å². The zero-order valence-electron chi connectivity index (χ0n) is 17.0. The molecule has 0 aromatic carbocycles. The molecule has 0 unspecified atom stereocenters. The number of piperidine rings is 1. The number of hydrogen-bond acceptors (Lipinski definition) is 3. The summed E-state index contributed by atoms with van der Waals surface area (Å²) in [5.74, 6) is 1.28. The largest absolute Gasteiger partial charge is 0.341 e. The summed E-state index contributed by atoms with van der Waals surface area (Å²) in [7, 11) is 0. The molecule has 0 radical (unpaired) electrons. The summed E-state index contributed by atoms with van der Waals surface area (Å²) < 4.78 is 0. The number of amides is 2. The average molecular weight is 376 g/mol. The van der Waals surface area contributed by atoms with Crippen LogP contribution in [0.2, 0.25) is 0 Å². The smallest absolute Gasteiger partial charge is 0.242 e. The van der Waals surface area contributed by atoms with Crippen LogP contribution in [0.4, 0.5) is 0 Å². The molecular formula is C22H37N3O2. The van der Waals surface area contributed by atoms with Crippen molar-refractivity contribution < 1.29 is 9.59 Å². The lowest BCUT2D eigenvalue weighted by molar-refractivity contribution is -0.138. The predicted molar refractivity (Wildman–Crippen MR) is 106 cm³/mol. The van der Waals surface area contributed by atoms with Crippen LogP contribution in [0.3, 0.4) is 0 Å². The molecule has 1 aliphatic carbocycles. The van der Waals surface area contributed by atoms with Crippen LogP contribution >= 0.6 is 0 Å². The Hall–Kier alpha value is -1.10. The molecule has 27 heavy (non-hydrogen) atoms. The molecule has 152 valence electrons. The molecule has 3 saturated heterocycles. The molecule has 5 nitrogen and oxygen atoms in total. The predicted octanol–water partition coefficient (Wildman–Crippen LogP) is 2.89. The minimum atomic E-state index is 0.156. The Balaban J connectivity index is 1.25. The van der Waals surface area contributed by atoms with E-state index >= 15 is 0 Å². The summed E-state index contributed by atoms with van der Waals surface area (Å²) in [5.41, 5.74) is 0.315. The molecule has 1 saturated carbocycles. The summed E-state index contributed by atoms with van der Waals surface area (Å²) in [6, 6.07) is 0. The fourth-order valence-electron chi connectivity index (χ4n) is 5.96. The number of carbonyl (C=O) groups is 2. The minimum absolute atomic E-state index is 0.156. The molecule has 1 atom stereocenters. The van der Waals surface area contributed by atoms with Crippen LogP contribution in [0.1, 0.15) is 70.6 Å². The van der Waals surface area contributed by atoms with Crippen molar-refractivity contribution in [2.45, 2.75) is 70.6 Å². The van der Waals surface area contributed by atoms with E-state index in [1.165, 1.54) is 71.0 Å². The molecule has 2 amide bonds. The molecule has 3 aliphatic heterocycles. The van der Waals surface area contributed by atoms with E-state index < -0.39 is 0 Å². The molecule has 5 heteroatoms. The van der Waals surface area contributed by atoms with Gasteiger partial charge in [-0.2, -0.15) is 0 Å². The Morgan fingerprint density at radius 1 is 0.963 bits per heavy atom. The molecule has 0 N–H and O–H groups in total. The number of carbonyl (C=O) groups excluding carboxylic acids is 2. The second-order valence-corrected chi connectivity index (χ2v) is 9.66. The molecule has 4 fully saturated rings. The summed E-state index contributed by atoms with van der Waals surface area (Å²) in [6.45, 7) is 6.53. The van der Waals surface area contributed by atoms with Crippen molar-refractivity contribution in [3.05, 3.63) is 0 Å². The number of rotatable bonds is 5. The lowest BCUT2D eigenvalue weighted by Gasteiger charge is -2.41. The average Bonchev–Trinajstić information content (AvgIpc) is 3.28. The van der Waals surface area contributed by atoms with E-state index in [1.54, 1.807) is 4.90 Å². The van der Waals surface area contributed by atoms with Gasteiger partial charge in [-0.25, -0.2) is 0 Å². The Bertz CT molecular complexity index is 546. The second kappa shape index (κ2) is 8.50. The number of hydrogen-bond donors (Lipinski definition) is 0. The van der Waals surface area contributed by atoms with Crippen LogP contribution in [-0.2, 0) is 9.59 Å². The van der Waals surface area contributed by atoms with Crippen LogP contribution < -0.4 is 0 Å². The van der Waals surface area contributed by atoms with Gasteiger partial charge in [0.1, 0.15) is 0 Å². The van der Waals surface area contributed by atoms with Crippen LogP contribution in [0.15, 0.2) is 0 Å². The van der Waals surface area contributed by atoms with Crippen molar-refractivity contribution in [2.75, 3.05) is 45.8 Å². The maximum atomic E-state index is 12.7. The zero-order chi connectivity index (χ0) is 18.7. The second-order valence-electron chi connectivity index (χ2n) is 9.66. The Morgan fingerprint density at radius 2 is 1.81 bits per heavy atom. The van der Waals surface area contributed by atoms with Crippen LogP contribution in [-0.4, -0.2) is 72.3 Å². The van der Waals surface area contributed by atoms with E-state index in [1.807, 2.05) is 0 Å². The van der Waals surface area contributed by atoms with Gasteiger partial charge in [0.05, 0.1) is 6.54 Å². The first-order valence-corrected chi connectivity index (χ1v) is 11.4. The fourth-order valence-corrected chi connectivity index (χ4v) is 5.96. The maximum Gasteiger partial charge on any atom is 0.242 e. The molecule has 4 aliphatic rings. The van der Waals surface area contributed by atoms with Crippen molar-refractivity contribution in [1.82, 2.24) is 14.7 Å². The Morgan fingerprint density at radius 3 is 2.59 bits per heavy atom. The van der Waals surface area contributed by atoms with E-state index in [2.05, 4.69) is 9.80 Å². The van der Waals surface area contributed by atoms with Crippen molar-refractivity contribution in [3.63, 3.8) is 0 Å². The van der Waals surface area contributed by atoms with Gasteiger partial charge >= 0.3 is 0 Å². The van der Waals surface area contributed by atoms with Crippen LogP contribution in [0, 0.1) is 11.3 Å². The highest BCUT2D eigenvalue weighted by Crippen LogP contribution is 2.39. The molecular weight excluding hydrogens is 338 g/mol. The lowest BCUT2D eigenvalue weighted by atomic mass is 9.79. The summed E-state index contributed by atoms with van der Waals surface area (Å²) >= 11 is 0. The van der Waals surface area contributed by atoms with Gasteiger partial charge in [0.25, 0.3) is 0 Å². The summed E-state index contributed by atoms with van der Waals surface area (Å²) in [5, 5.41) is 0. The van der Waals surface area contributed by atoms with Gasteiger partial charge in [-0.1, -0.05) is 32.1 Å². The summed E-state index contributed by atoms with van der Waals surface area (Å²) in [6.07, 6.45) is 13.8. The highest BCUT2D eigenvalue weighted by atomic mass is 16.2. The maximum absolute atomic E-state index is 12.7. The van der Waals surface area contributed by atoms with E-state index in [9.17, 15) is 9.59 Å². The zero-order valence-corrected chi connectivity index (χ0v) is 17.0. The van der Waals surface area contributed by atoms with E-state index in [0.717, 1.165) is 38.4 Å². The fraction of sp³-hybridized carbons (Fsp3) is 0.909. The molecule has 0 aromatic rings. The number of likely N-dealkylation sites (tertiary alicyclic amines) is 3. The van der Waals surface area contributed by atoms with Crippen LogP contribution in [0.25, 0.3) is 0 Å². The molecule has 3 heterocycles. The lowest BCUT2D eigenvalue weighted by Crippen LogP contribution is -2.47. The summed E-state index contributed by atoms with van der Waals surface area (Å²) in [4.78, 5) is 31.0.